The molecule has 0 saturated heterocycles. The molecule has 1 heterocycles. The fraction of sp³-hybridized carbons (Fsp3) is 0.286. The lowest BCUT2D eigenvalue weighted by Gasteiger charge is -1.95. The van der Waals surface area contributed by atoms with Crippen molar-refractivity contribution in [1.29, 1.82) is 0 Å². The molecule has 4 heteroatoms. The number of nitrogen functional groups attached to an aromatic ring is 1. The third-order valence-electron chi connectivity index (χ3n) is 1.17. The molecule has 0 aliphatic carbocycles. The van der Waals surface area contributed by atoms with E-state index in [0.29, 0.717) is 17.9 Å². The van der Waals surface area contributed by atoms with Gasteiger partial charge in [-0.2, -0.15) is 0 Å². The van der Waals surface area contributed by atoms with Crippen molar-refractivity contribution < 1.29 is 4.79 Å². The van der Waals surface area contributed by atoms with Crippen LogP contribution in [-0.4, -0.2) is 15.8 Å². The zero-order chi connectivity index (χ0) is 8.27. The third kappa shape index (κ3) is 2.33. The number of hydrogen-bond donors (Lipinski definition) is 1. The predicted octanol–water partition coefficient (Wildman–Crippen LogP) is 0.190. The highest BCUT2D eigenvalue weighted by Crippen LogP contribution is 1.99. The molecule has 0 aliphatic heterocycles. The average molecular weight is 151 g/mol. The Morgan fingerprint density at radius 3 is 2.91 bits per heavy atom. The van der Waals surface area contributed by atoms with Crippen LogP contribution in [0, 0.1) is 0 Å². The Morgan fingerprint density at radius 2 is 2.36 bits per heavy atom. The van der Waals surface area contributed by atoms with E-state index in [1.54, 1.807) is 6.07 Å². The van der Waals surface area contributed by atoms with Gasteiger partial charge in [0.25, 0.3) is 0 Å². The summed E-state index contributed by atoms with van der Waals surface area (Å²) in [5.74, 6) is 0.472. The van der Waals surface area contributed by atoms with Crippen LogP contribution in [-0.2, 0) is 11.2 Å². The molecule has 0 spiro atoms. The van der Waals surface area contributed by atoms with Crippen molar-refractivity contribution in [1.82, 2.24) is 9.97 Å². The van der Waals surface area contributed by atoms with Gasteiger partial charge in [0.05, 0.1) is 5.69 Å². The number of anilines is 1. The first-order chi connectivity index (χ1) is 5.18. The van der Waals surface area contributed by atoms with Gasteiger partial charge in [0.1, 0.15) is 17.9 Å². The molecule has 0 saturated carbocycles. The Morgan fingerprint density at radius 1 is 1.64 bits per heavy atom. The first-order valence-electron chi connectivity index (χ1n) is 3.24. The number of rotatable bonds is 2. The molecule has 1 aromatic rings. The van der Waals surface area contributed by atoms with E-state index in [2.05, 4.69) is 9.97 Å². The van der Waals surface area contributed by atoms with E-state index in [4.69, 9.17) is 5.73 Å². The number of hydrogen-bond acceptors (Lipinski definition) is 4. The van der Waals surface area contributed by atoms with Crippen LogP contribution in [0.4, 0.5) is 5.82 Å². The predicted molar refractivity (Wildman–Crippen MR) is 40.8 cm³/mol. The van der Waals surface area contributed by atoms with Crippen molar-refractivity contribution in [3.05, 3.63) is 18.1 Å². The van der Waals surface area contributed by atoms with Crippen LogP contribution in [0.5, 0.6) is 0 Å². The van der Waals surface area contributed by atoms with E-state index in [1.165, 1.54) is 13.3 Å². The summed E-state index contributed by atoms with van der Waals surface area (Å²) >= 11 is 0. The summed E-state index contributed by atoms with van der Waals surface area (Å²) in [6, 6.07) is 1.60. The first kappa shape index (κ1) is 7.65. The van der Waals surface area contributed by atoms with Gasteiger partial charge in [-0.3, -0.25) is 4.79 Å². The Labute approximate surface area is 64.5 Å². The number of carbonyl (C=O) groups is 1. The number of nitrogens with zero attached hydrogens (tertiary/aromatic N) is 2. The van der Waals surface area contributed by atoms with Gasteiger partial charge in [0.2, 0.25) is 0 Å². The summed E-state index contributed by atoms with van der Waals surface area (Å²) in [6.45, 7) is 1.51. The second-order valence-electron chi connectivity index (χ2n) is 2.31. The van der Waals surface area contributed by atoms with E-state index in [0.717, 1.165) is 0 Å². The van der Waals surface area contributed by atoms with Crippen LogP contribution in [0.25, 0.3) is 0 Å². The molecule has 0 amide bonds. The van der Waals surface area contributed by atoms with Crippen molar-refractivity contribution in [2.24, 2.45) is 0 Å². The van der Waals surface area contributed by atoms with Crippen molar-refractivity contribution >= 4 is 11.6 Å². The van der Waals surface area contributed by atoms with E-state index in [-0.39, 0.29) is 5.78 Å². The molecule has 4 nitrogen and oxygen atoms in total. The van der Waals surface area contributed by atoms with Gasteiger partial charge in [0.15, 0.2) is 0 Å². The molecule has 1 rings (SSSR count). The maximum absolute atomic E-state index is 10.6. The van der Waals surface area contributed by atoms with Gasteiger partial charge in [-0.25, -0.2) is 9.97 Å². The number of nitrogens with two attached hydrogens (primary N) is 1. The average Bonchev–Trinajstić information content (AvgIpc) is 1.85. The monoisotopic (exact) mass is 151 g/mol. The summed E-state index contributed by atoms with van der Waals surface area (Å²) in [4.78, 5) is 18.2. The van der Waals surface area contributed by atoms with Crippen LogP contribution < -0.4 is 5.73 Å². The molecule has 0 aliphatic rings. The minimum Gasteiger partial charge on any atom is -0.384 e. The molecule has 0 unspecified atom stereocenters. The van der Waals surface area contributed by atoms with E-state index < -0.39 is 0 Å². The first-order valence-corrected chi connectivity index (χ1v) is 3.24. The van der Waals surface area contributed by atoms with Crippen LogP contribution >= 0.6 is 0 Å². The molecular formula is C7H9N3O. The molecule has 0 aromatic carbocycles. The number of Topliss-reactive ketones (excluding diaryl/α,β-unsaturated/α-hetero) is 1. The van der Waals surface area contributed by atoms with Crippen LogP contribution in [0.1, 0.15) is 12.6 Å². The molecule has 0 atom stereocenters. The van der Waals surface area contributed by atoms with Gasteiger partial charge in [0, 0.05) is 12.5 Å². The normalized spacial score (nSPS) is 9.55. The molecular weight excluding hydrogens is 142 g/mol. The maximum Gasteiger partial charge on any atom is 0.135 e. The van der Waals surface area contributed by atoms with Gasteiger partial charge in [-0.05, 0) is 6.92 Å². The highest BCUT2D eigenvalue weighted by molar-refractivity contribution is 5.77. The fourth-order valence-corrected chi connectivity index (χ4v) is 0.767. The molecule has 11 heavy (non-hydrogen) atoms. The zero-order valence-electron chi connectivity index (χ0n) is 6.24. The van der Waals surface area contributed by atoms with Gasteiger partial charge in [-0.15, -0.1) is 0 Å². The quantitative estimate of drug-likeness (QED) is 0.655. The van der Waals surface area contributed by atoms with Crippen LogP contribution in [0.3, 0.4) is 0 Å². The van der Waals surface area contributed by atoms with Gasteiger partial charge in [-0.1, -0.05) is 0 Å². The highest BCUT2D eigenvalue weighted by Gasteiger charge is 1.98. The fourth-order valence-electron chi connectivity index (χ4n) is 0.767. The molecule has 0 fully saturated rings. The van der Waals surface area contributed by atoms with Crippen molar-refractivity contribution in [3.63, 3.8) is 0 Å². The summed E-state index contributed by atoms with van der Waals surface area (Å²) in [5, 5.41) is 0. The lowest BCUT2D eigenvalue weighted by Crippen LogP contribution is -2.01. The summed E-state index contributed by atoms with van der Waals surface area (Å²) in [7, 11) is 0. The second kappa shape index (κ2) is 3.09. The number of ketones is 1. The Kier molecular flexibility index (Phi) is 2.15. The minimum atomic E-state index is 0.0723. The van der Waals surface area contributed by atoms with Crippen molar-refractivity contribution in [3.8, 4) is 0 Å². The Hall–Kier alpha value is -1.45. The van der Waals surface area contributed by atoms with E-state index in [9.17, 15) is 4.79 Å². The zero-order valence-corrected chi connectivity index (χ0v) is 6.24. The lowest BCUT2D eigenvalue weighted by molar-refractivity contribution is -0.116. The summed E-state index contributed by atoms with van der Waals surface area (Å²) < 4.78 is 0. The Balaban J connectivity index is 2.79. The summed E-state index contributed by atoms with van der Waals surface area (Å²) in [5.41, 5.74) is 6.04. The van der Waals surface area contributed by atoms with Gasteiger partial charge >= 0.3 is 0 Å². The lowest BCUT2D eigenvalue weighted by atomic mass is 10.2. The minimum absolute atomic E-state index is 0.0723. The third-order valence-corrected chi connectivity index (χ3v) is 1.17. The van der Waals surface area contributed by atoms with Crippen LogP contribution in [0.15, 0.2) is 12.4 Å². The standard InChI is InChI=1S/C7H9N3O/c1-5(11)2-6-3-7(8)10-4-9-6/h3-4H,2H2,1H3,(H2,8,9,10). The number of carbonyl (C=O) groups excluding carboxylic acids is 1. The second-order valence-corrected chi connectivity index (χ2v) is 2.31. The molecule has 1 aromatic heterocycles. The molecule has 2 N–H and O–H groups in total. The molecule has 58 valence electrons. The number of aromatic nitrogens is 2. The SMILES string of the molecule is CC(=O)Cc1cc(N)ncn1. The summed E-state index contributed by atoms with van der Waals surface area (Å²) in [6.07, 6.45) is 1.68. The van der Waals surface area contributed by atoms with Gasteiger partial charge < -0.3 is 5.73 Å². The van der Waals surface area contributed by atoms with Crippen molar-refractivity contribution in [2.75, 3.05) is 5.73 Å². The van der Waals surface area contributed by atoms with Crippen molar-refractivity contribution in [2.45, 2.75) is 13.3 Å². The van der Waals surface area contributed by atoms with E-state index >= 15 is 0 Å². The van der Waals surface area contributed by atoms with E-state index in [1.807, 2.05) is 0 Å². The Bertz CT molecular complexity index is 272. The topological polar surface area (TPSA) is 68.9 Å². The highest BCUT2D eigenvalue weighted by atomic mass is 16.1. The smallest absolute Gasteiger partial charge is 0.135 e. The van der Waals surface area contributed by atoms with Crippen LogP contribution in [0.2, 0.25) is 0 Å². The largest absolute Gasteiger partial charge is 0.384 e. The molecule has 0 bridgehead atoms. The molecule has 0 radical (unpaired) electrons. The maximum atomic E-state index is 10.6.